The van der Waals surface area contributed by atoms with E-state index in [0.29, 0.717) is 25.7 Å². The van der Waals surface area contributed by atoms with Gasteiger partial charge in [-0.3, -0.25) is 4.79 Å². The van der Waals surface area contributed by atoms with Gasteiger partial charge in [0.1, 0.15) is 0 Å². The molecule has 1 aliphatic rings. The van der Waals surface area contributed by atoms with Crippen molar-refractivity contribution in [2.24, 2.45) is 0 Å². The maximum Gasteiger partial charge on any atom is 0.307 e. The van der Waals surface area contributed by atoms with Gasteiger partial charge in [0.25, 0.3) is 0 Å². The molecule has 0 radical (unpaired) electrons. The van der Waals surface area contributed by atoms with Gasteiger partial charge < -0.3 is 14.8 Å². The van der Waals surface area contributed by atoms with Crippen molar-refractivity contribution in [3.05, 3.63) is 0 Å². The molecule has 14 heavy (non-hydrogen) atoms. The van der Waals surface area contributed by atoms with Crippen LogP contribution in [0.25, 0.3) is 0 Å². The van der Waals surface area contributed by atoms with Crippen molar-refractivity contribution in [1.29, 1.82) is 0 Å². The summed E-state index contributed by atoms with van der Waals surface area (Å²) in [5.74, 6) is -0.132. The van der Waals surface area contributed by atoms with Crippen molar-refractivity contribution in [1.82, 2.24) is 5.32 Å². The minimum atomic E-state index is -0.132. The molecule has 0 aromatic rings. The molecule has 0 aromatic heterocycles. The first-order chi connectivity index (χ1) is 6.83. The molecule has 1 heterocycles. The first-order valence-electron chi connectivity index (χ1n) is 5.31. The third kappa shape index (κ3) is 4.58. The fraction of sp³-hybridized carbons (Fsp3) is 0.900. The predicted octanol–water partition coefficient (Wildman–Crippen LogP) is 0.708. The van der Waals surface area contributed by atoms with Crippen molar-refractivity contribution in [2.45, 2.75) is 32.3 Å². The first-order valence-corrected chi connectivity index (χ1v) is 5.31. The van der Waals surface area contributed by atoms with Crippen molar-refractivity contribution >= 4 is 5.97 Å². The van der Waals surface area contributed by atoms with Gasteiger partial charge in [-0.1, -0.05) is 0 Å². The maximum absolute atomic E-state index is 10.9. The van der Waals surface area contributed by atoms with E-state index in [4.69, 9.17) is 9.47 Å². The lowest BCUT2D eigenvalue weighted by atomic mass is 10.2. The summed E-state index contributed by atoms with van der Waals surface area (Å²) in [6.07, 6.45) is 3.08. The minimum Gasteiger partial charge on any atom is -0.466 e. The number of ether oxygens (including phenoxy) is 2. The van der Waals surface area contributed by atoms with Crippen LogP contribution in [-0.2, 0) is 14.3 Å². The standard InChI is InChI=1S/C10H19NO3/c1-2-13-10(12)5-6-11-8-9-4-3-7-14-9/h9,11H,2-8H2,1H3/t9-/m0/s1. The molecule has 82 valence electrons. The van der Waals surface area contributed by atoms with Crippen molar-refractivity contribution < 1.29 is 14.3 Å². The van der Waals surface area contributed by atoms with Crippen molar-refractivity contribution in [2.75, 3.05) is 26.3 Å². The van der Waals surface area contributed by atoms with Gasteiger partial charge in [0.2, 0.25) is 0 Å². The van der Waals surface area contributed by atoms with Gasteiger partial charge in [-0.2, -0.15) is 0 Å². The number of hydrogen-bond donors (Lipinski definition) is 1. The SMILES string of the molecule is CCOC(=O)CCNC[C@@H]1CCCO1. The summed E-state index contributed by atoms with van der Waals surface area (Å²) in [4.78, 5) is 10.9. The van der Waals surface area contributed by atoms with Crippen molar-refractivity contribution in [3.8, 4) is 0 Å². The molecule has 1 fully saturated rings. The van der Waals surface area contributed by atoms with E-state index in [0.717, 1.165) is 26.0 Å². The number of carbonyl (C=O) groups excluding carboxylic acids is 1. The second kappa shape index (κ2) is 6.79. The molecule has 1 aliphatic heterocycles. The lowest BCUT2D eigenvalue weighted by molar-refractivity contribution is -0.143. The summed E-state index contributed by atoms with van der Waals surface area (Å²) in [6.45, 7) is 4.69. The molecule has 0 unspecified atom stereocenters. The Bertz CT molecular complexity index is 167. The highest BCUT2D eigenvalue weighted by molar-refractivity contribution is 5.69. The van der Waals surface area contributed by atoms with Gasteiger partial charge in [-0.15, -0.1) is 0 Å². The Kier molecular flexibility index (Phi) is 5.56. The Morgan fingerprint density at radius 2 is 2.50 bits per heavy atom. The van der Waals surface area contributed by atoms with E-state index < -0.39 is 0 Å². The van der Waals surface area contributed by atoms with Crippen LogP contribution in [0.1, 0.15) is 26.2 Å². The Labute approximate surface area is 85.0 Å². The second-order valence-corrected chi connectivity index (χ2v) is 3.39. The van der Waals surface area contributed by atoms with Gasteiger partial charge in [0, 0.05) is 19.7 Å². The van der Waals surface area contributed by atoms with Gasteiger partial charge in [0.15, 0.2) is 0 Å². The highest BCUT2D eigenvalue weighted by Gasteiger charge is 2.14. The normalized spacial score (nSPS) is 21.1. The highest BCUT2D eigenvalue weighted by atomic mass is 16.5. The van der Waals surface area contributed by atoms with Crippen LogP contribution in [0, 0.1) is 0 Å². The number of nitrogens with one attached hydrogen (secondary N) is 1. The largest absolute Gasteiger partial charge is 0.466 e. The third-order valence-corrected chi connectivity index (χ3v) is 2.21. The predicted molar refractivity (Wildman–Crippen MR) is 53.1 cm³/mol. The molecule has 0 spiro atoms. The van der Waals surface area contributed by atoms with Gasteiger partial charge in [0.05, 0.1) is 19.1 Å². The number of carbonyl (C=O) groups is 1. The lowest BCUT2D eigenvalue weighted by Crippen LogP contribution is -2.28. The van der Waals surface area contributed by atoms with Crippen LogP contribution < -0.4 is 5.32 Å². The maximum atomic E-state index is 10.9. The van der Waals surface area contributed by atoms with Crippen molar-refractivity contribution in [3.63, 3.8) is 0 Å². The van der Waals surface area contributed by atoms with Gasteiger partial charge in [-0.25, -0.2) is 0 Å². The molecule has 0 saturated carbocycles. The summed E-state index contributed by atoms with van der Waals surface area (Å²) in [7, 11) is 0. The fourth-order valence-electron chi connectivity index (χ4n) is 1.49. The Hall–Kier alpha value is -0.610. The minimum absolute atomic E-state index is 0.132. The topological polar surface area (TPSA) is 47.6 Å². The smallest absolute Gasteiger partial charge is 0.307 e. The lowest BCUT2D eigenvalue weighted by Gasteiger charge is -2.09. The number of esters is 1. The molecule has 1 saturated heterocycles. The molecular weight excluding hydrogens is 182 g/mol. The molecule has 0 bridgehead atoms. The summed E-state index contributed by atoms with van der Waals surface area (Å²) in [6, 6.07) is 0. The van der Waals surface area contributed by atoms with Gasteiger partial charge in [-0.05, 0) is 19.8 Å². The third-order valence-electron chi connectivity index (χ3n) is 2.21. The Morgan fingerprint density at radius 1 is 1.64 bits per heavy atom. The van der Waals surface area contributed by atoms with E-state index in [1.54, 1.807) is 0 Å². The van der Waals surface area contributed by atoms with Crippen LogP contribution >= 0.6 is 0 Å². The van der Waals surface area contributed by atoms with Gasteiger partial charge >= 0.3 is 5.97 Å². The highest BCUT2D eigenvalue weighted by Crippen LogP contribution is 2.10. The van der Waals surface area contributed by atoms with Crippen LogP contribution in [0.15, 0.2) is 0 Å². The summed E-state index contributed by atoms with van der Waals surface area (Å²) in [5, 5.41) is 3.19. The molecule has 1 N–H and O–H groups in total. The summed E-state index contributed by atoms with van der Waals surface area (Å²) >= 11 is 0. The zero-order chi connectivity index (χ0) is 10.2. The zero-order valence-corrected chi connectivity index (χ0v) is 8.75. The summed E-state index contributed by atoms with van der Waals surface area (Å²) < 4.78 is 10.2. The van der Waals surface area contributed by atoms with E-state index >= 15 is 0 Å². The monoisotopic (exact) mass is 201 g/mol. The molecule has 0 amide bonds. The quantitative estimate of drug-likeness (QED) is 0.508. The average Bonchev–Trinajstić information content (AvgIpc) is 2.65. The van der Waals surface area contributed by atoms with Crippen LogP contribution in [-0.4, -0.2) is 38.4 Å². The summed E-state index contributed by atoms with van der Waals surface area (Å²) in [5.41, 5.74) is 0. The van der Waals surface area contributed by atoms with Crippen LogP contribution in [0.4, 0.5) is 0 Å². The van der Waals surface area contributed by atoms with Crippen LogP contribution in [0.5, 0.6) is 0 Å². The molecule has 1 atom stereocenters. The number of rotatable bonds is 6. The average molecular weight is 201 g/mol. The van der Waals surface area contributed by atoms with E-state index in [9.17, 15) is 4.79 Å². The van der Waals surface area contributed by atoms with Crippen LogP contribution in [0.2, 0.25) is 0 Å². The molecular formula is C10H19NO3. The van der Waals surface area contributed by atoms with Crippen LogP contribution in [0.3, 0.4) is 0 Å². The zero-order valence-electron chi connectivity index (χ0n) is 8.75. The molecule has 4 heteroatoms. The van der Waals surface area contributed by atoms with E-state index in [-0.39, 0.29) is 5.97 Å². The van der Waals surface area contributed by atoms with E-state index in [2.05, 4.69) is 5.32 Å². The molecule has 4 nitrogen and oxygen atoms in total. The molecule has 0 aliphatic carbocycles. The second-order valence-electron chi connectivity index (χ2n) is 3.39. The number of hydrogen-bond acceptors (Lipinski definition) is 4. The van der Waals surface area contributed by atoms with E-state index in [1.807, 2.05) is 6.92 Å². The molecule has 0 aromatic carbocycles. The Morgan fingerprint density at radius 3 is 3.14 bits per heavy atom. The first kappa shape index (κ1) is 11.5. The van der Waals surface area contributed by atoms with E-state index in [1.165, 1.54) is 0 Å². The Balaban J connectivity index is 1.90. The fourth-order valence-corrected chi connectivity index (χ4v) is 1.49. The molecule has 1 rings (SSSR count).